The topological polar surface area (TPSA) is 95.5 Å². The Balaban J connectivity index is 1.91. The quantitative estimate of drug-likeness (QED) is 0.761. The zero-order chi connectivity index (χ0) is 16.3. The van der Waals surface area contributed by atoms with E-state index in [4.69, 9.17) is 28.3 Å². The molecule has 1 heterocycles. The molecule has 2 atom stereocenters. The number of hydrogen-bond acceptors (Lipinski definition) is 4. The fourth-order valence-corrected chi connectivity index (χ4v) is 3.27. The molecule has 0 unspecified atom stereocenters. The number of nitrogens with one attached hydrogen (secondary N) is 2. The van der Waals surface area contributed by atoms with Crippen molar-refractivity contribution in [1.29, 1.82) is 0 Å². The molecule has 22 heavy (non-hydrogen) atoms. The van der Waals surface area contributed by atoms with Gasteiger partial charge in [-0.3, -0.25) is 9.59 Å². The molecule has 9 heteroatoms. The molecule has 1 fully saturated rings. The van der Waals surface area contributed by atoms with Gasteiger partial charge in [-0.25, -0.2) is 4.79 Å². The second kappa shape index (κ2) is 7.21. The van der Waals surface area contributed by atoms with Crippen molar-refractivity contribution in [3.8, 4) is 0 Å². The van der Waals surface area contributed by atoms with Gasteiger partial charge in [0.15, 0.2) is 0 Å². The molecule has 3 N–H and O–H groups in total. The van der Waals surface area contributed by atoms with Crippen LogP contribution in [0, 0.1) is 0 Å². The molecule has 1 saturated heterocycles. The van der Waals surface area contributed by atoms with Crippen molar-refractivity contribution in [3.63, 3.8) is 0 Å². The van der Waals surface area contributed by atoms with Gasteiger partial charge in [0.25, 0.3) is 0 Å². The molecule has 1 aliphatic heterocycles. The van der Waals surface area contributed by atoms with Crippen LogP contribution in [0.25, 0.3) is 0 Å². The average Bonchev–Trinajstić information content (AvgIpc) is 2.45. The van der Waals surface area contributed by atoms with Gasteiger partial charge < -0.3 is 15.7 Å². The van der Waals surface area contributed by atoms with Crippen LogP contribution in [-0.4, -0.2) is 39.9 Å². The lowest BCUT2D eigenvalue weighted by atomic mass is 10.2. The average molecular weight is 363 g/mol. The second-order valence-corrected chi connectivity index (χ2v) is 6.65. The van der Waals surface area contributed by atoms with Crippen molar-refractivity contribution in [2.75, 3.05) is 11.1 Å². The fourth-order valence-electron chi connectivity index (χ4n) is 1.83. The van der Waals surface area contributed by atoms with Crippen molar-refractivity contribution in [2.24, 2.45) is 0 Å². The molecule has 0 aromatic heterocycles. The molecular weight excluding hydrogens is 351 g/mol. The largest absolute Gasteiger partial charge is 0.480 e. The van der Waals surface area contributed by atoms with E-state index in [0.717, 1.165) is 11.8 Å². The molecule has 118 valence electrons. The van der Waals surface area contributed by atoms with E-state index in [9.17, 15) is 14.4 Å². The molecule has 2 amide bonds. The van der Waals surface area contributed by atoms with Gasteiger partial charge in [-0.05, 0) is 18.2 Å². The van der Waals surface area contributed by atoms with Crippen molar-refractivity contribution < 1.29 is 19.5 Å². The number of benzene rings is 1. The zero-order valence-electron chi connectivity index (χ0n) is 11.1. The number of aliphatic carboxylic acids is 1. The summed E-state index contributed by atoms with van der Waals surface area (Å²) in [5.74, 6) is -1.67. The lowest BCUT2D eigenvalue weighted by Crippen LogP contribution is -2.51. The molecule has 1 aromatic carbocycles. The smallest absolute Gasteiger partial charge is 0.327 e. The summed E-state index contributed by atoms with van der Waals surface area (Å²) in [5, 5.41) is 13.9. The van der Waals surface area contributed by atoms with Gasteiger partial charge in [0.05, 0.1) is 15.3 Å². The van der Waals surface area contributed by atoms with Gasteiger partial charge in [0, 0.05) is 17.9 Å². The Kier molecular flexibility index (Phi) is 5.55. The molecule has 2 rings (SSSR count). The Morgan fingerprint density at radius 2 is 2.09 bits per heavy atom. The minimum Gasteiger partial charge on any atom is -0.480 e. The van der Waals surface area contributed by atoms with E-state index < -0.39 is 23.2 Å². The Hall–Kier alpha value is -1.44. The maximum Gasteiger partial charge on any atom is 0.327 e. The minimum absolute atomic E-state index is 0.0525. The lowest BCUT2D eigenvalue weighted by Gasteiger charge is -2.25. The highest BCUT2D eigenvalue weighted by atomic mass is 35.5. The Bertz CT molecular complexity index is 626. The summed E-state index contributed by atoms with van der Waals surface area (Å²) in [6.45, 7) is 0. The molecule has 1 aliphatic rings. The normalized spacial score (nSPS) is 21.1. The molecule has 0 bridgehead atoms. The Labute approximate surface area is 140 Å². The zero-order valence-corrected chi connectivity index (χ0v) is 13.5. The van der Waals surface area contributed by atoms with Crippen LogP contribution in [0.1, 0.15) is 6.42 Å². The number of thioether (sulfide) groups is 1. The highest BCUT2D eigenvalue weighted by Crippen LogP contribution is 2.26. The predicted molar refractivity (Wildman–Crippen MR) is 85.5 cm³/mol. The molecular formula is C13H12Cl2N2O4S. The summed E-state index contributed by atoms with van der Waals surface area (Å²) in [6.07, 6.45) is -0.0525. The number of carbonyl (C=O) groups excluding carboxylic acids is 2. The van der Waals surface area contributed by atoms with Crippen molar-refractivity contribution in [3.05, 3.63) is 28.2 Å². The maximum absolute atomic E-state index is 11.9. The Morgan fingerprint density at radius 1 is 1.36 bits per heavy atom. The summed E-state index contributed by atoms with van der Waals surface area (Å²) >= 11 is 12.8. The van der Waals surface area contributed by atoms with Crippen molar-refractivity contribution in [1.82, 2.24) is 5.32 Å². The second-order valence-electron chi connectivity index (χ2n) is 4.60. The number of carboxylic acid groups (broad SMARTS) is 1. The van der Waals surface area contributed by atoms with Crippen molar-refractivity contribution >= 4 is 58.4 Å². The van der Waals surface area contributed by atoms with Crippen LogP contribution in [-0.2, 0) is 14.4 Å². The first-order chi connectivity index (χ1) is 10.4. The summed E-state index contributed by atoms with van der Waals surface area (Å²) < 4.78 is 0. The molecule has 1 aromatic rings. The SMILES string of the molecule is O=C(C[C@H]1SC[C@H](C(=O)O)NC1=O)Nc1ccc(Cl)c(Cl)c1. The first kappa shape index (κ1) is 16.9. The predicted octanol–water partition coefficient (Wildman–Crippen LogP) is 2.01. The highest BCUT2D eigenvalue weighted by Gasteiger charge is 2.33. The van der Waals surface area contributed by atoms with E-state index in [-0.39, 0.29) is 18.1 Å². The first-order valence-electron chi connectivity index (χ1n) is 6.26. The van der Waals surface area contributed by atoms with E-state index in [2.05, 4.69) is 10.6 Å². The van der Waals surface area contributed by atoms with Gasteiger partial charge >= 0.3 is 5.97 Å². The minimum atomic E-state index is -1.08. The van der Waals surface area contributed by atoms with Crippen LogP contribution in [0.15, 0.2) is 18.2 Å². The van der Waals surface area contributed by atoms with Gasteiger partial charge in [0.2, 0.25) is 11.8 Å². The van der Waals surface area contributed by atoms with E-state index in [1.165, 1.54) is 6.07 Å². The van der Waals surface area contributed by atoms with Crippen LogP contribution >= 0.6 is 35.0 Å². The van der Waals surface area contributed by atoms with Gasteiger partial charge in [-0.15, -0.1) is 11.8 Å². The first-order valence-corrected chi connectivity index (χ1v) is 8.07. The number of carboxylic acids is 1. The van der Waals surface area contributed by atoms with Crippen LogP contribution in [0.4, 0.5) is 5.69 Å². The van der Waals surface area contributed by atoms with Crippen LogP contribution < -0.4 is 10.6 Å². The molecule has 0 spiro atoms. The number of amides is 2. The molecule has 0 saturated carbocycles. The number of carbonyl (C=O) groups is 3. The number of hydrogen-bond donors (Lipinski definition) is 3. The maximum atomic E-state index is 11.9. The van der Waals surface area contributed by atoms with Gasteiger partial charge in [0.1, 0.15) is 6.04 Å². The van der Waals surface area contributed by atoms with E-state index in [0.29, 0.717) is 15.7 Å². The molecule has 6 nitrogen and oxygen atoms in total. The Morgan fingerprint density at radius 3 is 2.68 bits per heavy atom. The van der Waals surface area contributed by atoms with E-state index in [1.54, 1.807) is 12.1 Å². The van der Waals surface area contributed by atoms with Crippen molar-refractivity contribution in [2.45, 2.75) is 17.7 Å². The van der Waals surface area contributed by atoms with Crippen LogP contribution in [0.3, 0.4) is 0 Å². The fraction of sp³-hybridized carbons (Fsp3) is 0.308. The molecule has 0 radical (unpaired) electrons. The summed E-state index contributed by atoms with van der Waals surface area (Å²) in [4.78, 5) is 34.5. The third-order valence-electron chi connectivity index (χ3n) is 2.95. The third-order valence-corrected chi connectivity index (χ3v) is 4.99. The van der Waals surface area contributed by atoms with Gasteiger partial charge in [-0.1, -0.05) is 23.2 Å². The summed E-state index contributed by atoms with van der Waals surface area (Å²) in [7, 11) is 0. The molecule has 0 aliphatic carbocycles. The van der Waals surface area contributed by atoms with E-state index >= 15 is 0 Å². The van der Waals surface area contributed by atoms with Crippen LogP contribution in [0.2, 0.25) is 10.0 Å². The number of anilines is 1. The highest BCUT2D eigenvalue weighted by molar-refractivity contribution is 8.00. The standard InChI is InChI=1S/C13H12Cl2N2O4S/c14-7-2-1-6(3-8(7)15)16-11(18)4-10-12(19)17-9(5-22-10)13(20)21/h1-3,9-10H,4-5H2,(H,16,18)(H,17,19)(H,20,21)/t9-,10-/m1/s1. The summed E-state index contributed by atoms with van der Waals surface area (Å²) in [6, 6.07) is 3.75. The monoisotopic (exact) mass is 362 g/mol. The third kappa shape index (κ3) is 4.28. The number of halogens is 2. The lowest BCUT2D eigenvalue weighted by molar-refractivity contribution is -0.141. The number of rotatable bonds is 4. The summed E-state index contributed by atoms with van der Waals surface area (Å²) in [5.41, 5.74) is 0.476. The van der Waals surface area contributed by atoms with Gasteiger partial charge in [-0.2, -0.15) is 0 Å². The van der Waals surface area contributed by atoms with E-state index in [1.807, 2.05) is 0 Å². The van der Waals surface area contributed by atoms with Crippen LogP contribution in [0.5, 0.6) is 0 Å².